The Kier molecular flexibility index (Phi) is 5.44. The summed E-state index contributed by atoms with van der Waals surface area (Å²) in [5.74, 6) is -4.26. The van der Waals surface area contributed by atoms with Gasteiger partial charge in [0.25, 0.3) is 0 Å². The number of carbonyl (C=O) groups excluding carboxylic acids is 1. The minimum Gasteiger partial charge on any atom is -0.478 e. The molecule has 0 radical (unpaired) electrons. The number of nitrogens with two attached hydrogens (primary N) is 1. The minimum atomic E-state index is -2.34. The van der Waals surface area contributed by atoms with Crippen LogP contribution in [0.1, 0.15) is 25.0 Å². The molecule has 0 saturated heterocycles. The van der Waals surface area contributed by atoms with E-state index in [0.717, 1.165) is 13.2 Å². The molecule has 128 valence electrons. The van der Waals surface area contributed by atoms with Crippen LogP contribution in [0, 0.1) is 18.6 Å². The number of ether oxygens (including phenoxy) is 1. The van der Waals surface area contributed by atoms with E-state index >= 15 is 0 Å². The molecule has 0 bridgehead atoms. The van der Waals surface area contributed by atoms with Gasteiger partial charge in [0.1, 0.15) is 11.6 Å². The smallest absolute Gasteiger partial charge is 0.357 e. The van der Waals surface area contributed by atoms with Crippen molar-refractivity contribution in [1.29, 1.82) is 0 Å². The standard InChI is InChI=1S/C15H20F2N2O4/c1-8-5-6-10(16)9(11(8)17)7-15(23-4,13(21)22)19-12(20)14(2,3)18/h5-6H,7,18H2,1-4H3,(H,19,20)(H,21,22)/t15-/m1/s1. The molecule has 1 aromatic carbocycles. The number of nitrogens with one attached hydrogen (secondary N) is 1. The number of carboxylic acids is 1. The highest BCUT2D eigenvalue weighted by Crippen LogP contribution is 2.23. The van der Waals surface area contributed by atoms with Crippen LogP contribution in [0.4, 0.5) is 8.78 Å². The van der Waals surface area contributed by atoms with Crippen LogP contribution >= 0.6 is 0 Å². The van der Waals surface area contributed by atoms with E-state index in [1.54, 1.807) is 0 Å². The van der Waals surface area contributed by atoms with E-state index in [2.05, 4.69) is 5.32 Å². The van der Waals surface area contributed by atoms with Gasteiger partial charge in [-0.3, -0.25) is 4.79 Å². The summed E-state index contributed by atoms with van der Waals surface area (Å²) in [6.07, 6.45) is -0.736. The maximum atomic E-state index is 14.1. The van der Waals surface area contributed by atoms with Gasteiger partial charge in [0.2, 0.25) is 11.6 Å². The molecule has 4 N–H and O–H groups in total. The van der Waals surface area contributed by atoms with E-state index in [9.17, 15) is 23.5 Å². The Bertz CT molecular complexity index is 629. The van der Waals surface area contributed by atoms with Crippen molar-refractivity contribution in [3.8, 4) is 0 Å². The number of carboxylic acid groups (broad SMARTS) is 1. The third-order valence-electron chi connectivity index (χ3n) is 3.40. The SMILES string of the molecule is CO[C@@](Cc1c(F)ccc(C)c1F)(NC(=O)C(C)(C)N)C(=O)O. The topological polar surface area (TPSA) is 102 Å². The average molecular weight is 330 g/mol. The highest BCUT2D eigenvalue weighted by molar-refractivity contribution is 5.90. The summed E-state index contributed by atoms with van der Waals surface area (Å²) in [6.45, 7) is 4.13. The molecule has 1 amide bonds. The third kappa shape index (κ3) is 4.02. The quantitative estimate of drug-likeness (QED) is 0.678. The van der Waals surface area contributed by atoms with Crippen LogP contribution in [0.25, 0.3) is 0 Å². The van der Waals surface area contributed by atoms with E-state index in [0.29, 0.717) is 0 Å². The lowest BCUT2D eigenvalue weighted by atomic mass is 9.97. The first kappa shape index (κ1) is 19.0. The summed E-state index contributed by atoms with van der Waals surface area (Å²) in [5.41, 5.74) is 1.51. The Labute approximate surface area is 132 Å². The first-order valence-electron chi connectivity index (χ1n) is 6.78. The highest BCUT2D eigenvalue weighted by atomic mass is 19.1. The molecule has 6 nitrogen and oxygen atoms in total. The van der Waals surface area contributed by atoms with Gasteiger partial charge >= 0.3 is 5.97 Å². The number of carbonyl (C=O) groups is 2. The molecule has 23 heavy (non-hydrogen) atoms. The molecule has 0 aliphatic carbocycles. The monoisotopic (exact) mass is 330 g/mol. The number of methoxy groups -OCH3 is 1. The number of amides is 1. The van der Waals surface area contributed by atoms with E-state index in [1.807, 2.05) is 0 Å². The highest BCUT2D eigenvalue weighted by Gasteiger charge is 2.44. The Morgan fingerprint density at radius 2 is 1.91 bits per heavy atom. The lowest BCUT2D eigenvalue weighted by molar-refractivity contribution is -0.171. The summed E-state index contributed by atoms with van der Waals surface area (Å²) in [5, 5.41) is 11.5. The van der Waals surface area contributed by atoms with Crippen molar-refractivity contribution < 1.29 is 28.2 Å². The van der Waals surface area contributed by atoms with Gasteiger partial charge in [-0.2, -0.15) is 0 Å². The Hall–Kier alpha value is -2.06. The van der Waals surface area contributed by atoms with Gasteiger partial charge < -0.3 is 20.9 Å². The Morgan fingerprint density at radius 1 is 1.35 bits per heavy atom. The molecular formula is C15H20F2N2O4. The molecular weight excluding hydrogens is 310 g/mol. The van der Waals surface area contributed by atoms with E-state index < -0.39 is 46.8 Å². The van der Waals surface area contributed by atoms with Gasteiger partial charge in [0.15, 0.2) is 0 Å². The number of aliphatic carboxylic acids is 1. The van der Waals surface area contributed by atoms with Crippen LogP contribution in [-0.4, -0.2) is 35.4 Å². The molecule has 1 aromatic rings. The van der Waals surface area contributed by atoms with Crippen LogP contribution in [0.15, 0.2) is 12.1 Å². The lowest BCUT2D eigenvalue weighted by Gasteiger charge is -2.32. The summed E-state index contributed by atoms with van der Waals surface area (Å²) >= 11 is 0. The third-order valence-corrected chi connectivity index (χ3v) is 3.40. The van der Waals surface area contributed by atoms with E-state index in [-0.39, 0.29) is 5.56 Å². The number of benzene rings is 1. The average Bonchev–Trinajstić information content (AvgIpc) is 2.45. The van der Waals surface area contributed by atoms with Crippen LogP contribution in [0.5, 0.6) is 0 Å². The number of aryl methyl sites for hydroxylation is 1. The molecule has 1 rings (SSSR count). The van der Waals surface area contributed by atoms with Crippen LogP contribution in [-0.2, 0) is 20.7 Å². The summed E-state index contributed by atoms with van der Waals surface area (Å²) in [6, 6.07) is 2.25. The molecule has 1 atom stereocenters. The van der Waals surface area contributed by atoms with Crippen molar-refractivity contribution in [2.75, 3.05) is 7.11 Å². The van der Waals surface area contributed by atoms with Gasteiger partial charge in [-0.05, 0) is 32.4 Å². The molecule has 8 heteroatoms. The van der Waals surface area contributed by atoms with Crippen molar-refractivity contribution in [3.63, 3.8) is 0 Å². The fraction of sp³-hybridized carbons (Fsp3) is 0.467. The van der Waals surface area contributed by atoms with Crippen molar-refractivity contribution in [2.45, 2.75) is 38.5 Å². The summed E-state index contributed by atoms with van der Waals surface area (Å²) in [7, 11) is 1.02. The Morgan fingerprint density at radius 3 is 2.35 bits per heavy atom. The fourth-order valence-corrected chi connectivity index (χ4v) is 1.85. The second-order valence-electron chi connectivity index (χ2n) is 5.85. The first-order valence-corrected chi connectivity index (χ1v) is 6.78. The number of rotatable bonds is 6. The first-order chi connectivity index (χ1) is 10.4. The van der Waals surface area contributed by atoms with Crippen molar-refractivity contribution in [2.24, 2.45) is 5.73 Å². The molecule has 0 spiro atoms. The van der Waals surface area contributed by atoms with Gasteiger partial charge in [-0.25, -0.2) is 13.6 Å². The zero-order valence-corrected chi connectivity index (χ0v) is 13.4. The zero-order chi connectivity index (χ0) is 18.0. The van der Waals surface area contributed by atoms with Crippen LogP contribution < -0.4 is 11.1 Å². The van der Waals surface area contributed by atoms with Crippen LogP contribution in [0.2, 0.25) is 0 Å². The Balaban J connectivity index is 3.32. The molecule has 0 unspecified atom stereocenters. The van der Waals surface area contributed by atoms with Gasteiger partial charge in [0.05, 0.1) is 5.54 Å². The number of hydrogen-bond acceptors (Lipinski definition) is 4. The van der Waals surface area contributed by atoms with E-state index in [1.165, 1.54) is 26.8 Å². The predicted molar refractivity (Wildman–Crippen MR) is 78.6 cm³/mol. The maximum absolute atomic E-state index is 14.1. The van der Waals surface area contributed by atoms with E-state index in [4.69, 9.17) is 10.5 Å². The number of halogens is 2. The normalized spacial score (nSPS) is 14.2. The van der Waals surface area contributed by atoms with Crippen LogP contribution in [0.3, 0.4) is 0 Å². The van der Waals surface area contributed by atoms with Crippen molar-refractivity contribution in [1.82, 2.24) is 5.32 Å². The second-order valence-corrected chi connectivity index (χ2v) is 5.85. The van der Waals surface area contributed by atoms with Crippen molar-refractivity contribution in [3.05, 3.63) is 34.9 Å². The molecule has 0 fully saturated rings. The predicted octanol–water partition coefficient (Wildman–Crippen LogP) is 1.10. The molecule has 0 heterocycles. The van der Waals surface area contributed by atoms with Gasteiger partial charge in [0, 0.05) is 19.1 Å². The summed E-state index contributed by atoms with van der Waals surface area (Å²) < 4.78 is 32.9. The maximum Gasteiger partial charge on any atom is 0.357 e. The minimum absolute atomic E-state index is 0.141. The van der Waals surface area contributed by atoms with Gasteiger partial charge in [-0.15, -0.1) is 0 Å². The lowest BCUT2D eigenvalue weighted by Crippen LogP contribution is -2.63. The van der Waals surface area contributed by atoms with Crippen molar-refractivity contribution >= 4 is 11.9 Å². The van der Waals surface area contributed by atoms with Gasteiger partial charge in [-0.1, -0.05) is 6.07 Å². The number of hydrogen-bond donors (Lipinski definition) is 3. The molecule has 0 aliphatic heterocycles. The molecule has 0 aliphatic rings. The zero-order valence-electron chi connectivity index (χ0n) is 13.4. The largest absolute Gasteiger partial charge is 0.478 e. The molecule has 0 saturated carbocycles. The fourth-order valence-electron chi connectivity index (χ4n) is 1.85. The second kappa shape index (κ2) is 6.59. The molecule has 0 aromatic heterocycles. The summed E-state index contributed by atoms with van der Waals surface area (Å²) in [4.78, 5) is 23.6.